The van der Waals surface area contributed by atoms with Gasteiger partial charge < -0.3 is 15.2 Å². The maximum atomic E-state index is 13.0. The number of benzene rings is 1. The van der Waals surface area contributed by atoms with Crippen molar-refractivity contribution in [3.8, 4) is 5.75 Å². The lowest BCUT2D eigenvalue weighted by atomic mass is 9.71. The van der Waals surface area contributed by atoms with Gasteiger partial charge in [0.05, 0.1) is 29.5 Å². The number of nitrogens with zero attached hydrogens (tertiary/aromatic N) is 3. The first-order valence-electron chi connectivity index (χ1n) is 11.7. The summed E-state index contributed by atoms with van der Waals surface area (Å²) in [6.07, 6.45) is 1.02. The van der Waals surface area contributed by atoms with Crippen molar-refractivity contribution >= 4 is 22.5 Å². The van der Waals surface area contributed by atoms with Crippen molar-refractivity contribution in [1.82, 2.24) is 14.8 Å². The molecule has 2 saturated carbocycles. The van der Waals surface area contributed by atoms with E-state index >= 15 is 0 Å². The maximum Gasteiger partial charge on any atom is 0.433 e. The molecule has 2 aliphatic carbocycles. The Morgan fingerprint density at radius 3 is 2.63 bits per heavy atom. The highest BCUT2D eigenvalue weighted by molar-refractivity contribution is 6.05. The molecule has 2 N–H and O–H groups in total. The molecule has 2 aromatic heterocycles. The van der Waals surface area contributed by atoms with Crippen molar-refractivity contribution < 1.29 is 27.8 Å². The molecule has 7 nitrogen and oxygen atoms in total. The molecule has 2 heterocycles. The van der Waals surface area contributed by atoms with Crippen LogP contribution in [0, 0.1) is 11.8 Å². The number of fused-ring (bicyclic) bond motifs is 1. The molecule has 1 amide bonds. The SMILES string of the molecule is CC(C)(O)[C@H]1C[C@H](n2cc3cc(NC(=O)c4cccc(C(F)(F)F)n4)c(OCC4CC4)cc3n2)C1. The van der Waals surface area contributed by atoms with Crippen LogP contribution in [-0.4, -0.2) is 38.0 Å². The molecule has 0 saturated heterocycles. The first-order valence-corrected chi connectivity index (χ1v) is 11.7. The zero-order valence-corrected chi connectivity index (χ0v) is 19.5. The van der Waals surface area contributed by atoms with Crippen molar-refractivity contribution in [3.05, 3.63) is 47.9 Å². The van der Waals surface area contributed by atoms with Gasteiger partial charge in [0.15, 0.2) is 0 Å². The monoisotopic (exact) mass is 488 g/mol. The molecule has 2 aliphatic rings. The van der Waals surface area contributed by atoms with Crippen LogP contribution in [0.1, 0.15) is 61.8 Å². The van der Waals surface area contributed by atoms with E-state index < -0.39 is 23.4 Å². The molecule has 10 heteroatoms. The highest BCUT2D eigenvalue weighted by Crippen LogP contribution is 2.44. The first kappa shape index (κ1) is 23.6. The minimum absolute atomic E-state index is 0.169. The van der Waals surface area contributed by atoms with Crippen LogP contribution in [0.4, 0.5) is 18.9 Å². The number of aromatic nitrogens is 3. The quantitative estimate of drug-likeness (QED) is 0.476. The minimum Gasteiger partial charge on any atom is -0.491 e. The molecule has 1 aromatic carbocycles. The second kappa shape index (κ2) is 8.51. The number of aliphatic hydroxyl groups is 1. The highest BCUT2D eigenvalue weighted by atomic mass is 19.4. The van der Waals surface area contributed by atoms with Crippen LogP contribution >= 0.6 is 0 Å². The Balaban J connectivity index is 1.41. The number of ether oxygens (including phenoxy) is 1. The van der Waals surface area contributed by atoms with E-state index in [1.54, 1.807) is 12.1 Å². The van der Waals surface area contributed by atoms with Crippen LogP contribution in [0.3, 0.4) is 0 Å². The summed E-state index contributed by atoms with van der Waals surface area (Å²) >= 11 is 0. The average molecular weight is 489 g/mol. The summed E-state index contributed by atoms with van der Waals surface area (Å²) in [5.74, 6) is 0.321. The lowest BCUT2D eigenvalue weighted by Crippen LogP contribution is -2.41. The number of amides is 1. The molecule has 3 aromatic rings. The second-order valence-corrected chi connectivity index (χ2v) is 10.1. The molecule has 0 aliphatic heterocycles. The average Bonchev–Trinajstić information content (AvgIpc) is 3.48. The second-order valence-electron chi connectivity index (χ2n) is 10.1. The van der Waals surface area contributed by atoms with Crippen molar-refractivity contribution in [2.45, 2.75) is 57.3 Å². The fourth-order valence-corrected chi connectivity index (χ4v) is 4.25. The smallest absolute Gasteiger partial charge is 0.433 e. The summed E-state index contributed by atoms with van der Waals surface area (Å²) in [5.41, 5.74) is -1.16. The number of nitrogens with one attached hydrogen (secondary N) is 1. The van der Waals surface area contributed by atoms with Gasteiger partial charge in [-0.2, -0.15) is 18.3 Å². The predicted molar refractivity (Wildman–Crippen MR) is 123 cm³/mol. The van der Waals surface area contributed by atoms with Crippen molar-refractivity contribution in [2.75, 3.05) is 11.9 Å². The summed E-state index contributed by atoms with van der Waals surface area (Å²) in [6.45, 7) is 4.11. The van der Waals surface area contributed by atoms with Gasteiger partial charge in [-0.05, 0) is 69.6 Å². The van der Waals surface area contributed by atoms with E-state index in [1.807, 2.05) is 24.7 Å². The number of halogens is 3. The maximum absolute atomic E-state index is 13.0. The third kappa shape index (κ3) is 5.12. The summed E-state index contributed by atoms with van der Waals surface area (Å²) in [7, 11) is 0. The molecule has 5 rings (SSSR count). The molecule has 0 atom stereocenters. The molecule has 0 bridgehead atoms. The van der Waals surface area contributed by atoms with Crippen molar-refractivity contribution in [1.29, 1.82) is 0 Å². The van der Waals surface area contributed by atoms with Gasteiger partial charge in [-0.3, -0.25) is 9.48 Å². The molecule has 186 valence electrons. The van der Waals surface area contributed by atoms with Crippen molar-refractivity contribution in [2.24, 2.45) is 11.8 Å². The van der Waals surface area contributed by atoms with E-state index in [-0.39, 0.29) is 17.7 Å². The Labute approximate surface area is 200 Å². The summed E-state index contributed by atoms with van der Waals surface area (Å²) in [4.78, 5) is 16.3. The Morgan fingerprint density at radius 1 is 1.23 bits per heavy atom. The number of alkyl halides is 3. The van der Waals surface area contributed by atoms with Crippen LogP contribution in [0.25, 0.3) is 10.9 Å². The van der Waals surface area contributed by atoms with Crippen LogP contribution in [0.15, 0.2) is 36.5 Å². The Morgan fingerprint density at radius 2 is 1.97 bits per heavy atom. The van der Waals surface area contributed by atoms with Crippen LogP contribution in [-0.2, 0) is 6.18 Å². The number of hydrogen-bond acceptors (Lipinski definition) is 5. The first-order chi connectivity index (χ1) is 16.5. The molecule has 0 radical (unpaired) electrons. The highest BCUT2D eigenvalue weighted by Gasteiger charge is 2.40. The lowest BCUT2D eigenvalue weighted by Gasteiger charge is -2.42. The molecule has 35 heavy (non-hydrogen) atoms. The minimum atomic E-state index is -4.64. The van der Waals surface area contributed by atoms with Crippen molar-refractivity contribution in [3.63, 3.8) is 0 Å². The summed E-state index contributed by atoms with van der Waals surface area (Å²) in [6, 6.07) is 6.85. The number of rotatable bonds is 7. The Kier molecular flexibility index (Phi) is 5.74. The van der Waals surface area contributed by atoms with E-state index in [4.69, 9.17) is 4.74 Å². The number of pyridine rings is 1. The van der Waals surface area contributed by atoms with Gasteiger partial charge in [-0.1, -0.05) is 6.07 Å². The molecule has 0 unspecified atom stereocenters. The van der Waals surface area contributed by atoms with E-state index in [0.717, 1.165) is 43.2 Å². The fraction of sp³-hybridized carbons (Fsp3) is 0.480. The zero-order valence-electron chi connectivity index (χ0n) is 19.5. The number of hydrogen-bond donors (Lipinski definition) is 2. The third-order valence-corrected chi connectivity index (χ3v) is 6.80. The van der Waals surface area contributed by atoms with Gasteiger partial charge in [0.25, 0.3) is 5.91 Å². The largest absolute Gasteiger partial charge is 0.491 e. The normalized spacial score (nSPS) is 20.5. The van der Waals surface area contributed by atoms with Gasteiger partial charge >= 0.3 is 6.18 Å². The van der Waals surface area contributed by atoms with Gasteiger partial charge in [0.1, 0.15) is 17.1 Å². The topological polar surface area (TPSA) is 89.3 Å². The van der Waals surface area contributed by atoms with E-state index in [0.29, 0.717) is 29.5 Å². The fourth-order valence-electron chi connectivity index (χ4n) is 4.25. The number of carbonyl (C=O) groups is 1. The van der Waals surface area contributed by atoms with Gasteiger partial charge in [-0.25, -0.2) is 4.98 Å². The van der Waals surface area contributed by atoms with E-state index in [9.17, 15) is 23.1 Å². The van der Waals surface area contributed by atoms with E-state index in [1.165, 1.54) is 6.07 Å². The van der Waals surface area contributed by atoms with Gasteiger partial charge in [-0.15, -0.1) is 0 Å². The Bertz CT molecular complexity index is 1260. The van der Waals surface area contributed by atoms with E-state index in [2.05, 4.69) is 15.4 Å². The molecule has 0 spiro atoms. The Hall–Kier alpha value is -3.14. The van der Waals surface area contributed by atoms with Crippen LogP contribution < -0.4 is 10.1 Å². The van der Waals surface area contributed by atoms with Gasteiger partial charge in [0, 0.05) is 17.6 Å². The summed E-state index contributed by atoms with van der Waals surface area (Å²) < 4.78 is 46.9. The predicted octanol–water partition coefficient (Wildman–Crippen LogP) is 5.21. The standard InChI is InChI=1S/C25H27F3N4O3/c1-24(2,34)16-9-17(10-16)32-12-15-8-20(21(11-19(15)31-32)35-13-14-6-7-14)30-23(33)18-4-3-5-22(29-18)25(26,27)28/h3-5,8,11-12,14,16-17,34H,6-7,9-10,13H2,1-2H3,(H,30,33)/t16-,17-. The summed E-state index contributed by atoms with van der Waals surface area (Å²) in [5, 5.41) is 18.3. The number of anilines is 1. The molecular weight excluding hydrogens is 461 g/mol. The lowest BCUT2D eigenvalue weighted by molar-refractivity contribution is -0.141. The van der Waals surface area contributed by atoms with Crippen LogP contribution in [0.5, 0.6) is 5.75 Å². The van der Waals surface area contributed by atoms with Crippen LogP contribution in [0.2, 0.25) is 0 Å². The van der Waals surface area contributed by atoms with Gasteiger partial charge in [0.2, 0.25) is 0 Å². The molecule has 2 fully saturated rings. The third-order valence-electron chi connectivity index (χ3n) is 6.80. The number of carbonyl (C=O) groups excluding carboxylic acids is 1. The molecular formula is C25H27F3N4O3. The zero-order chi connectivity index (χ0) is 25.0.